The molecule has 0 aliphatic carbocycles. The lowest BCUT2D eigenvalue weighted by atomic mass is 10.2. The molecule has 0 radical (unpaired) electrons. The van der Waals surface area contributed by atoms with Crippen molar-refractivity contribution in [1.29, 1.82) is 0 Å². The molecule has 0 saturated carbocycles. The first kappa shape index (κ1) is 13.8. The number of ether oxygens (including phenoxy) is 1. The molecule has 0 bridgehead atoms. The number of benzene rings is 1. The molecule has 0 aliphatic heterocycles. The summed E-state index contributed by atoms with van der Waals surface area (Å²) in [5, 5.41) is 0.649. The van der Waals surface area contributed by atoms with Crippen LogP contribution in [0.15, 0.2) is 46.3 Å². The Morgan fingerprint density at radius 1 is 1.32 bits per heavy atom. The van der Waals surface area contributed by atoms with Gasteiger partial charge < -0.3 is 9.72 Å². The topological polar surface area (TPSA) is 55.0 Å². The first-order valence-corrected chi connectivity index (χ1v) is 7.02. The van der Waals surface area contributed by atoms with Crippen LogP contribution >= 0.6 is 11.8 Å². The van der Waals surface area contributed by atoms with E-state index in [1.54, 1.807) is 18.9 Å². The Hall–Kier alpha value is -1.59. The van der Waals surface area contributed by atoms with Crippen molar-refractivity contribution >= 4 is 11.8 Å². The van der Waals surface area contributed by atoms with Gasteiger partial charge in [0.2, 0.25) is 0 Å². The summed E-state index contributed by atoms with van der Waals surface area (Å²) in [4.78, 5) is 18.5. The van der Waals surface area contributed by atoms with Crippen LogP contribution in [0.2, 0.25) is 0 Å². The predicted octanol–water partition coefficient (Wildman–Crippen LogP) is 2.25. The van der Waals surface area contributed by atoms with Crippen LogP contribution in [-0.2, 0) is 17.8 Å². The Kier molecular flexibility index (Phi) is 5.18. The molecule has 1 heterocycles. The molecule has 0 atom stereocenters. The maximum absolute atomic E-state index is 11.5. The number of rotatable bonds is 6. The van der Waals surface area contributed by atoms with E-state index in [0.29, 0.717) is 17.5 Å². The standard InChI is InChI=1S/C14H16N2O2S/c1-18-10-12-9-13(17)16-14(15-12)19-8-7-11-5-3-2-4-6-11/h2-6,9H,7-8,10H2,1H3,(H,15,16,17). The number of hydrogen-bond donors (Lipinski definition) is 1. The molecule has 0 unspecified atom stereocenters. The highest BCUT2D eigenvalue weighted by Gasteiger charge is 2.02. The minimum absolute atomic E-state index is 0.135. The Bertz CT molecular complexity index is 569. The molecule has 19 heavy (non-hydrogen) atoms. The summed E-state index contributed by atoms with van der Waals surface area (Å²) >= 11 is 1.55. The van der Waals surface area contributed by atoms with E-state index in [1.165, 1.54) is 11.6 Å². The number of nitrogens with one attached hydrogen (secondary N) is 1. The van der Waals surface area contributed by atoms with Gasteiger partial charge in [0.1, 0.15) is 0 Å². The minimum Gasteiger partial charge on any atom is -0.378 e. The van der Waals surface area contributed by atoms with E-state index in [4.69, 9.17) is 4.74 Å². The molecule has 0 fully saturated rings. The van der Waals surface area contributed by atoms with Crippen molar-refractivity contribution in [2.24, 2.45) is 0 Å². The third-order valence-electron chi connectivity index (χ3n) is 2.54. The summed E-state index contributed by atoms with van der Waals surface area (Å²) in [6.07, 6.45) is 0.948. The minimum atomic E-state index is -0.135. The number of nitrogens with zero attached hydrogens (tertiary/aromatic N) is 1. The van der Waals surface area contributed by atoms with Crippen molar-refractivity contribution in [2.75, 3.05) is 12.9 Å². The third-order valence-corrected chi connectivity index (χ3v) is 3.41. The van der Waals surface area contributed by atoms with E-state index in [2.05, 4.69) is 22.1 Å². The number of aromatic amines is 1. The van der Waals surface area contributed by atoms with Crippen LogP contribution in [0.3, 0.4) is 0 Å². The summed E-state index contributed by atoms with van der Waals surface area (Å²) in [6.45, 7) is 0.357. The predicted molar refractivity (Wildman–Crippen MR) is 76.4 cm³/mol. The molecule has 100 valence electrons. The molecule has 0 amide bonds. The van der Waals surface area contributed by atoms with Crippen LogP contribution < -0.4 is 5.56 Å². The van der Waals surface area contributed by atoms with Crippen LogP contribution in [0, 0.1) is 0 Å². The first-order chi connectivity index (χ1) is 9.28. The van der Waals surface area contributed by atoms with Crippen molar-refractivity contribution in [2.45, 2.75) is 18.2 Å². The molecule has 1 aromatic heterocycles. The fourth-order valence-corrected chi connectivity index (χ4v) is 2.57. The van der Waals surface area contributed by atoms with Gasteiger partial charge in [0, 0.05) is 18.9 Å². The van der Waals surface area contributed by atoms with E-state index >= 15 is 0 Å². The number of aromatic nitrogens is 2. The van der Waals surface area contributed by atoms with Gasteiger partial charge >= 0.3 is 0 Å². The molecule has 1 aromatic carbocycles. The van der Waals surface area contributed by atoms with Crippen molar-refractivity contribution in [1.82, 2.24) is 9.97 Å². The van der Waals surface area contributed by atoms with E-state index in [1.807, 2.05) is 18.2 Å². The number of thioether (sulfide) groups is 1. The third kappa shape index (κ3) is 4.54. The molecule has 1 N–H and O–H groups in total. The van der Waals surface area contributed by atoms with Crippen molar-refractivity contribution < 1.29 is 4.74 Å². The SMILES string of the molecule is COCc1cc(=O)[nH]c(SCCc2ccccc2)n1. The Morgan fingerprint density at radius 2 is 2.11 bits per heavy atom. The second-order valence-electron chi connectivity index (χ2n) is 4.06. The highest BCUT2D eigenvalue weighted by atomic mass is 32.2. The molecule has 5 heteroatoms. The molecule has 0 aliphatic rings. The molecular formula is C14H16N2O2S. The zero-order chi connectivity index (χ0) is 13.5. The van der Waals surface area contributed by atoms with Crippen LogP contribution in [0.5, 0.6) is 0 Å². The van der Waals surface area contributed by atoms with Gasteiger partial charge in [-0.25, -0.2) is 4.98 Å². The Balaban J connectivity index is 1.94. The monoisotopic (exact) mass is 276 g/mol. The molecule has 2 rings (SSSR count). The molecule has 0 spiro atoms. The van der Waals surface area contributed by atoms with Gasteiger partial charge in [0.25, 0.3) is 5.56 Å². The van der Waals surface area contributed by atoms with Gasteiger partial charge in [-0.2, -0.15) is 0 Å². The van der Waals surface area contributed by atoms with Crippen LogP contribution in [-0.4, -0.2) is 22.8 Å². The zero-order valence-corrected chi connectivity index (χ0v) is 11.6. The molecular weight excluding hydrogens is 260 g/mol. The highest BCUT2D eigenvalue weighted by molar-refractivity contribution is 7.99. The molecule has 0 saturated heterocycles. The second kappa shape index (κ2) is 7.11. The zero-order valence-electron chi connectivity index (χ0n) is 10.8. The summed E-state index contributed by atoms with van der Waals surface area (Å²) in [5.74, 6) is 0.878. The number of H-pyrrole nitrogens is 1. The van der Waals surface area contributed by atoms with Crippen molar-refractivity contribution in [3.05, 3.63) is 58.0 Å². The fourth-order valence-electron chi connectivity index (χ4n) is 1.68. The summed E-state index contributed by atoms with van der Waals surface area (Å²) in [7, 11) is 1.59. The number of aryl methyl sites for hydroxylation is 1. The van der Waals surface area contributed by atoms with Gasteiger partial charge in [0.05, 0.1) is 12.3 Å². The lowest BCUT2D eigenvalue weighted by Gasteiger charge is -2.03. The van der Waals surface area contributed by atoms with Gasteiger partial charge in [-0.15, -0.1) is 0 Å². The van der Waals surface area contributed by atoms with Crippen molar-refractivity contribution in [3.63, 3.8) is 0 Å². The Morgan fingerprint density at radius 3 is 2.84 bits per heavy atom. The lowest BCUT2D eigenvalue weighted by Crippen LogP contribution is -2.10. The van der Waals surface area contributed by atoms with E-state index in [-0.39, 0.29) is 5.56 Å². The second-order valence-corrected chi connectivity index (χ2v) is 5.14. The maximum Gasteiger partial charge on any atom is 0.251 e. The highest BCUT2D eigenvalue weighted by Crippen LogP contribution is 2.14. The van der Waals surface area contributed by atoms with E-state index in [0.717, 1.165) is 12.2 Å². The maximum atomic E-state index is 11.5. The van der Waals surface area contributed by atoms with Crippen LogP contribution in [0.25, 0.3) is 0 Å². The van der Waals surface area contributed by atoms with E-state index in [9.17, 15) is 4.79 Å². The quantitative estimate of drug-likeness (QED) is 0.649. The van der Waals surface area contributed by atoms with Crippen LogP contribution in [0.1, 0.15) is 11.3 Å². The average molecular weight is 276 g/mol. The largest absolute Gasteiger partial charge is 0.378 e. The number of methoxy groups -OCH3 is 1. The van der Waals surface area contributed by atoms with Crippen molar-refractivity contribution in [3.8, 4) is 0 Å². The lowest BCUT2D eigenvalue weighted by molar-refractivity contribution is 0.180. The van der Waals surface area contributed by atoms with Gasteiger partial charge in [-0.1, -0.05) is 42.1 Å². The fraction of sp³-hybridized carbons (Fsp3) is 0.286. The van der Waals surface area contributed by atoms with E-state index < -0.39 is 0 Å². The first-order valence-electron chi connectivity index (χ1n) is 6.04. The molecule has 4 nitrogen and oxygen atoms in total. The smallest absolute Gasteiger partial charge is 0.251 e. The van der Waals surface area contributed by atoms with Gasteiger partial charge in [0.15, 0.2) is 5.16 Å². The summed E-state index contributed by atoms with van der Waals surface area (Å²) in [6, 6.07) is 11.7. The Labute approximate surface area is 116 Å². The van der Waals surface area contributed by atoms with Crippen LogP contribution in [0.4, 0.5) is 0 Å². The number of hydrogen-bond acceptors (Lipinski definition) is 4. The average Bonchev–Trinajstić information content (AvgIpc) is 2.40. The van der Waals surface area contributed by atoms with Gasteiger partial charge in [-0.05, 0) is 12.0 Å². The van der Waals surface area contributed by atoms with Gasteiger partial charge in [-0.3, -0.25) is 4.79 Å². The normalized spacial score (nSPS) is 10.6. The summed E-state index contributed by atoms with van der Waals surface area (Å²) in [5.41, 5.74) is 1.81. The molecule has 2 aromatic rings. The summed E-state index contributed by atoms with van der Waals surface area (Å²) < 4.78 is 4.99.